The van der Waals surface area contributed by atoms with Crippen molar-refractivity contribution in [2.75, 3.05) is 0 Å². The number of hydrogen-bond acceptors (Lipinski definition) is 3. The molecule has 0 saturated carbocycles. The van der Waals surface area contributed by atoms with E-state index in [4.69, 9.17) is 5.26 Å². The van der Waals surface area contributed by atoms with E-state index in [0.29, 0.717) is 19.4 Å². The lowest BCUT2D eigenvalue weighted by Crippen LogP contribution is -2.11. The fourth-order valence-electron chi connectivity index (χ4n) is 3.00. The van der Waals surface area contributed by atoms with Crippen molar-refractivity contribution in [3.05, 3.63) is 77.7 Å². The highest BCUT2D eigenvalue weighted by molar-refractivity contribution is 5.62. The van der Waals surface area contributed by atoms with E-state index in [1.807, 2.05) is 48.8 Å². The zero-order valence-corrected chi connectivity index (χ0v) is 14.3. The van der Waals surface area contributed by atoms with Gasteiger partial charge in [-0.1, -0.05) is 54.6 Å². The van der Waals surface area contributed by atoms with Crippen LogP contribution in [0.4, 0.5) is 0 Å². The smallest absolute Gasteiger partial charge is 0.0959 e. The number of rotatable bonds is 6. The highest BCUT2D eigenvalue weighted by Crippen LogP contribution is 2.24. The van der Waals surface area contributed by atoms with Gasteiger partial charge in [0.25, 0.3) is 0 Å². The molecule has 0 spiro atoms. The van der Waals surface area contributed by atoms with Crippen LogP contribution in [0.3, 0.4) is 0 Å². The molecule has 1 heterocycles. The molecule has 4 heteroatoms. The lowest BCUT2D eigenvalue weighted by molar-refractivity contribution is 0.193. The third kappa shape index (κ3) is 4.14. The van der Waals surface area contributed by atoms with Gasteiger partial charge in [-0.2, -0.15) is 5.26 Å². The normalized spacial score (nSPS) is 11.9. The molecule has 0 bridgehead atoms. The molecule has 0 radical (unpaired) electrons. The van der Waals surface area contributed by atoms with E-state index >= 15 is 0 Å². The van der Waals surface area contributed by atoms with E-state index in [1.165, 1.54) is 0 Å². The van der Waals surface area contributed by atoms with Crippen molar-refractivity contribution in [2.45, 2.75) is 32.4 Å². The molecule has 126 valence electrons. The van der Waals surface area contributed by atoms with Crippen LogP contribution < -0.4 is 0 Å². The molecule has 1 aromatic heterocycles. The van der Waals surface area contributed by atoms with Crippen molar-refractivity contribution in [1.82, 2.24) is 9.55 Å². The van der Waals surface area contributed by atoms with Gasteiger partial charge in [0.05, 0.1) is 30.6 Å². The summed E-state index contributed by atoms with van der Waals surface area (Å²) in [5.41, 5.74) is 5.12. The largest absolute Gasteiger partial charge is 0.393 e. The van der Waals surface area contributed by atoms with Crippen molar-refractivity contribution in [3.63, 3.8) is 0 Å². The van der Waals surface area contributed by atoms with Crippen molar-refractivity contribution in [1.29, 1.82) is 5.26 Å². The average molecular weight is 331 g/mol. The van der Waals surface area contributed by atoms with Gasteiger partial charge in [0.1, 0.15) is 0 Å². The van der Waals surface area contributed by atoms with Crippen LogP contribution in [0, 0.1) is 11.3 Å². The Morgan fingerprint density at radius 3 is 2.60 bits per heavy atom. The van der Waals surface area contributed by atoms with Crippen LogP contribution in [-0.2, 0) is 19.4 Å². The minimum atomic E-state index is -0.442. The molecule has 0 aliphatic carbocycles. The Morgan fingerprint density at radius 2 is 1.88 bits per heavy atom. The summed E-state index contributed by atoms with van der Waals surface area (Å²) in [5.74, 6) is 0. The molecule has 0 aliphatic rings. The number of imidazole rings is 1. The maximum Gasteiger partial charge on any atom is 0.0959 e. The first-order valence-electron chi connectivity index (χ1n) is 8.39. The summed E-state index contributed by atoms with van der Waals surface area (Å²) in [6, 6.07) is 20.3. The van der Waals surface area contributed by atoms with Gasteiger partial charge >= 0.3 is 0 Å². The highest BCUT2D eigenvalue weighted by Gasteiger charge is 2.15. The van der Waals surface area contributed by atoms with E-state index in [-0.39, 0.29) is 0 Å². The summed E-state index contributed by atoms with van der Waals surface area (Å²) in [6.45, 7) is 2.46. The number of hydrogen-bond donors (Lipinski definition) is 1. The summed E-state index contributed by atoms with van der Waals surface area (Å²) in [6.07, 6.45) is 2.34. The van der Waals surface area contributed by atoms with Gasteiger partial charge in [0.15, 0.2) is 0 Å². The summed E-state index contributed by atoms with van der Waals surface area (Å²) in [4.78, 5) is 4.59. The van der Waals surface area contributed by atoms with E-state index in [0.717, 1.165) is 28.1 Å². The number of nitrogens with zero attached hydrogens (tertiary/aromatic N) is 3. The number of benzene rings is 2. The molecule has 4 nitrogen and oxygen atoms in total. The molecule has 3 rings (SSSR count). The minimum absolute atomic E-state index is 0.410. The van der Waals surface area contributed by atoms with E-state index in [2.05, 4.69) is 27.8 Å². The standard InChI is InChI=1S/C21H21N3O/c1-16(25)12-20-21(19-8-3-2-4-9-19)23-15-24(20)14-18-7-5-6-17(13-18)10-11-22/h2-9,13,15-16,25H,10,12,14H2,1H3. The number of aliphatic hydroxyl groups excluding tert-OH is 1. The monoisotopic (exact) mass is 331 g/mol. The van der Waals surface area contributed by atoms with Crippen molar-refractivity contribution >= 4 is 0 Å². The maximum atomic E-state index is 9.92. The molecule has 0 amide bonds. The van der Waals surface area contributed by atoms with Gasteiger partial charge in [-0.3, -0.25) is 0 Å². The van der Waals surface area contributed by atoms with Crippen LogP contribution in [0.15, 0.2) is 60.9 Å². The molecule has 3 aromatic rings. The molecule has 1 unspecified atom stereocenters. The van der Waals surface area contributed by atoms with E-state index in [1.54, 1.807) is 6.92 Å². The topological polar surface area (TPSA) is 61.8 Å². The lowest BCUT2D eigenvalue weighted by Gasteiger charge is -2.12. The fraction of sp³-hybridized carbons (Fsp3) is 0.238. The Labute approximate surface area is 148 Å². The van der Waals surface area contributed by atoms with Crippen LogP contribution in [-0.4, -0.2) is 20.8 Å². The Kier molecular flexibility index (Phi) is 5.27. The molecular formula is C21H21N3O. The van der Waals surface area contributed by atoms with Crippen molar-refractivity contribution < 1.29 is 5.11 Å². The van der Waals surface area contributed by atoms with Crippen LogP contribution in [0.2, 0.25) is 0 Å². The maximum absolute atomic E-state index is 9.92. The second-order valence-electron chi connectivity index (χ2n) is 6.24. The number of aromatic nitrogens is 2. The zero-order chi connectivity index (χ0) is 17.6. The van der Waals surface area contributed by atoms with Gasteiger partial charge in [-0.15, -0.1) is 0 Å². The molecule has 1 N–H and O–H groups in total. The molecule has 25 heavy (non-hydrogen) atoms. The van der Waals surface area contributed by atoms with Gasteiger partial charge in [-0.05, 0) is 18.1 Å². The predicted octanol–water partition coefficient (Wildman–Crippen LogP) is 3.59. The SMILES string of the molecule is CC(O)Cc1c(-c2ccccc2)ncn1Cc1cccc(CC#N)c1. The zero-order valence-electron chi connectivity index (χ0n) is 14.3. The Hall–Kier alpha value is -2.90. The second-order valence-corrected chi connectivity index (χ2v) is 6.24. The van der Waals surface area contributed by atoms with Gasteiger partial charge in [0.2, 0.25) is 0 Å². The molecule has 1 atom stereocenters. The molecular weight excluding hydrogens is 310 g/mol. The second kappa shape index (κ2) is 7.78. The number of aliphatic hydroxyl groups is 1. The van der Waals surface area contributed by atoms with Crippen LogP contribution in [0.5, 0.6) is 0 Å². The summed E-state index contributed by atoms with van der Waals surface area (Å²) < 4.78 is 2.08. The minimum Gasteiger partial charge on any atom is -0.393 e. The predicted molar refractivity (Wildman–Crippen MR) is 97.9 cm³/mol. The lowest BCUT2D eigenvalue weighted by atomic mass is 10.1. The van der Waals surface area contributed by atoms with Gasteiger partial charge < -0.3 is 9.67 Å². The van der Waals surface area contributed by atoms with Gasteiger partial charge in [-0.25, -0.2) is 4.98 Å². The molecule has 0 saturated heterocycles. The average Bonchev–Trinajstić information content (AvgIpc) is 2.98. The van der Waals surface area contributed by atoms with Crippen LogP contribution in [0.25, 0.3) is 11.3 Å². The third-order valence-corrected chi connectivity index (χ3v) is 4.11. The van der Waals surface area contributed by atoms with Gasteiger partial charge in [0, 0.05) is 24.2 Å². The Bertz CT molecular complexity index is 876. The summed E-state index contributed by atoms with van der Waals surface area (Å²) in [5, 5.41) is 18.8. The quantitative estimate of drug-likeness (QED) is 0.751. The molecule has 0 aliphatic heterocycles. The van der Waals surface area contributed by atoms with Crippen LogP contribution in [0.1, 0.15) is 23.7 Å². The summed E-state index contributed by atoms with van der Waals surface area (Å²) >= 11 is 0. The number of nitriles is 1. The van der Waals surface area contributed by atoms with E-state index in [9.17, 15) is 5.11 Å². The van der Waals surface area contributed by atoms with Crippen molar-refractivity contribution in [2.24, 2.45) is 0 Å². The van der Waals surface area contributed by atoms with E-state index < -0.39 is 6.10 Å². The van der Waals surface area contributed by atoms with Crippen molar-refractivity contribution in [3.8, 4) is 17.3 Å². The van der Waals surface area contributed by atoms with Crippen LogP contribution >= 0.6 is 0 Å². The fourth-order valence-corrected chi connectivity index (χ4v) is 3.00. The first-order valence-corrected chi connectivity index (χ1v) is 8.39. The third-order valence-electron chi connectivity index (χ3n) is 4.11. The first kappa shape index (κ1) is 16.9. The highest BCUT2D eigenvalue weighted by atomic mass is 16.3. The molecule has 0 fully saturated rings. The first-order chi connectivity index (χ1) is 12.2. The Balaban J connectivity index is 1.95. The Morgan fingerprint density at radius 1 is 1.12 bits per heavy atom. The summed E-state index contributed by atoms with van der Waals surface area (Å²) in [7, 11) is 0. The molecule has 2 aromatic carbocycles.